The van der Waals surface area contributed by atoms with Gasteiger partial charge in [0.1, 0.15) is 0 Å². The zero-order valence-electron chi connectivity index (χ0n) is 13.4. The quantitative estimate of drug-likeness (QED) is 0.868. The van der Waals surface area contributed by atoms with Gasteiger partial charge in [0.25, 0.3) is 0 Å². The number of nitrogens with zero attached hydrogens (tertiary/aromatic N) is 2. The number of unbranched alkanes of at least 4 members (excludes halogenated alkanes) is 1. The molecule has 0 radical (unpaired) electrons. The van der Waals surface area contributed by atoms with Crippen molar-refractivity contribution in [3.8, 4) is 0 Å². The van der Waals surface area contributed by atoms with E-state index in [0.29, 0.717) is 18.1 Å². The van der Waals surface area contributed by atoms with Gasteiger partial charge in [0.2, 0.25) is 0 Å². The maximum atomic E-state index is 5.84. The van der Waals surface area contributed by atoms with Gasteiger partial charge in [-0.15, -0.1) is 0 Å². The minimum absolute atomic E-state index is 0.345. The number of ether oxygens (including phenoxy) is 1. The molecular weight excluding hydrogens is 250 g/mol. The van der Waals surface area contributed by atoms with Gasteiger partial charge in [0.05, 0.1) is 18.4 Å². The lowest BCUT2D eigenvalue weighted by atomic mass is 9.88. The lowest BCUT2D eigenvalue weighted by molar-refractivity contribution is -0.0386. The summed E-state index contributed by atoms with van der Waals surface area (Å²) in [5.74, 6) is 0.561. The van der Waals surface area contributed by atoms with E-state index in [2.05, 4.69) is 42.9 Å². The van der Waals surface area contributed by atoms with Crippen molar-refractivity contribution in [2.24, 2.45) is 0 Å². The third-order valence-corrected chi connectivity index (χ3v) is 4.19. The Labute approximate surface area is 122 Å². The molecular formula is C16H29N3O. The Morgan fingerprint density at radius 2 is 2.05 bits per heavy atom. The van der Waals surface area contributed by atoms with Crippen molar-refractivity contribution < 1.29 is 4.74 Å². The molecule has 0 saturated carbocycles. The molecule has 1 saturated heterocycles. The van der Waals surface area contributed by atoms with Crippen LogP contribution < -0.4 is 0 Å². The first-order valence-corrected chi connectivity index (χ1v) is 7.96. The van der Waals surface area contributed by atoms with Gasteiger partial charge in [0, 0.05) is 23.7 Å². The largest absolute Gasteiger partial charge is 0.376 e. The van der Waals surface area contributed by atoms with Crippen molar-refractivity contribution in [3.63, 3.8) is 0 Å². The van der Waals surface area contributed by atoms with Crippen LogP contribution in [0.1, 0.15) is 63.6 Å². The molecule has 2 atom stereocenters. The Morgan fingerprint density at radius 3 is 2.70 bits per heavy atom. The molecule has 1 fully saturated rings. The minimum Gasteiger partial charge on any atom is -0.376 e. The summed E-state index contributed by atoms with van der Waals surface area (Å²) in [5, 5.41) is 7.53. The third kappa shape index (κ3) is 4.06. The van der Waals surface area contributed by atoms with Crippen LogP contribution in [0.4, 0.5) is 0 Å². The standard InChI is InChI=1S/C16H29N3O/c1-5-6-7-19(4)11-15-10-17-18-16(15)14-8-12(2)20-13(3)9-14/h10,12-14H,5-9,11H2,1-4H3,(H,17,18). The van der Waals surface area contributed by atoms with E-state index in [1.54, 1.807) is 0 Å². The zero-order valence-corrected chi connectivity index (χ0v) is 13.4. The SMILES string of the molecule is CCCCN(C)Cc1cn[nH]c1C1CC(C)OC(C)C1. The van der Waals surface area contributed by atoms with Gasteiger partial charge >= 0.3 is 0 Å². The van der Waals surface area contributed by atoms with Crippen LogP contribution in [0.3, 0.4) is 0 Å². The first kappa shape index (κ1) is 15.5. The molecule has 1 aliphatic rings. The average Bonchev–Trinajstić information content (AvgIpc) is 2.83. The molecule has 2 unspecified atom stereocenters. The molecule has 4 nitrogen and oxygen atoms in total. The van der Waals surface area contributed by atoms with E-state index in [1.807, 2.05) is 6.20 Å². The van der Waals surface area contributed by atoms with Crippen LogP contribution in [0.15, 0.2) is 6.20 Å². The number of aromatic amines is 1. The number of aromatic nitrogens is 2. The highest BCUT2D eigenvalue weighted by atomic mass is 16.5. The van der Waals surface area contributed by atoms with Gasteiger partial charge in [-0.05, 0) is 46.7 Å². The van der Waals surface area contributed by atoms with Crippen molar-refractivity contribution in [1.29, 1.82) is 0 Å². The Kier molecular flexibility index (Phi) is 5.61. The van der Waals surface area contributed by atoms with Crippen LogP contribution in [0, 0.1) is 0 Å². The minimum atomic E-state index is 0.345. The molecule has 1 aliphatic heterocycles. The molecule has 1 aromatic heterocycles. The zero-order chi connectivity index (χ0) is 14.5. The summed E-state index contributed by atoms with van der Waals surface area (Å²) in [7, 11) is 2.20. The average molecular weight is 279 g/mol. The molecule has 0 spiro atoms. The van der Waals surface area contributed by atoms with Crippen LogP contribution in [0.25, 0.3) is 0 Å². The first-order chi connectivity index (χ1) is 9.60. The van der Waals surface area contributed by atoms with E-state index in [4.69, 9.17) is 4.74 Å². The predicted molar refractivity (Wildman–Crippen MR) is 81.8 cm³/mol. The van der Waals surface area contributed by atoms with Crippen LogP contribution in [0.5, 0.6) is 0 Å². The Hall–Kier alpha value is -0.870. The third-order valence-electron chi connectivity index (χ3n) is 4.19. The van der Waals surface area contributed by atoms with Crippen LogP contribution >= 0.6 is 0 Å². The molecule has 0 aliphatic carbocycles. The monoisotopic (exact) mass is 279 g/mol. The molecule has 1 N–H and O–H groups in total. The number of H-pyrrole nitrogens is 1. The summed E-state index contributed by atoms with van der Waals surface area (Å²) in [6.07, 6.45) is 7.39. The Morgan fingerprint density at radius 1 is 1.35 bits per heavy atom. The second-order valence-electron chi connectivity index (χ2n) is 6.33. The Balaban J connectivity index is 2.00. The number of hydrogen-bond acceptors (Lipinski definition) is 3. The van der Waals surface area contributed by atoms with Crippen molar-refractivity contribution in [2.75, 3.05) is 13.6 Å². The molecule has 0 aromatic carbocycles. The van der Waals surface area contributed by atoms with Crippen LogP contribution in [-0.4, -0.2) is 40.9 Å². The lowest BCUT2D eigenvalue weighted by Gasteiger charge is -2.32. The van der Waals surface area contributed by atoms with E-state index in [9.17, 15) is 0 Å². The van der Waals surface area contributed by atoms with Gasteiger partial charge in [-0.25, -0.2) is 0 Å². The summed E-state index contributed by atoms with van der Waals surface area (Å²) in [6.45, 7) is 8.73. The topological polar surface area (TPSA) is 41.2 Å². The normalized spacial score (nSPS) is 27.1. The summed E-state index contributed by atoms with van der Waals surface area (Å²) in [5.41, 5.74) is 2.69. The highest BCUT2D eigenvalue weighted by Crippen LogP contribution is 2.33. The number of rotatable bonds is 6. The second kappa shape index (κ2) is 7.23. The highest BCUT2D eigenvalue weighted by molar-refractivity contribution is 5.21. The molecule has 114 valence electrons. The first-order valence-electron chi connectivity index (χ1n) is 7.96. The molecule has 20 heavy (non-hydrogen) atoms. The number of hydrogen-bond donors (Lipinski definition) is 1. The van der Waals surface area contributed by atoms with Gasteiger partial charge in [-0.3, -0.25) is 5.10 Å². The van der Waals surface area contributed by atoms with Gasteiger partial charge < -0.3 is 9.64 Å². The van der Waals surface area contributed by atoms with E-state index >= 15 is 0 Å². The van der Waals surface area contributed by atoms with Crippen LogP contribution in [-0.2, 0) is 11.3 Å². The maximum Gasteiger partial charge on any atom is 0.0557 e. The maximum absolute atomic E-state index is 5.84. The predicted octanol–water partition coefficient (Wildman–Crippen LogP) is 3.31. The molecule has 2 rings (SSSR count). The molecule has 2 heterocycles. The van der Waals surface area contributed by atoms with Crippen molar-refractivity contribution in [1.82, 2.24) is 15.1 Å². The molecule has 1 aromatic rings. The van der Waals surface area contributed by atoms with Crippen molar-refractivity contribution in [2.45, 2.75) is 71.1 Å². The van der Waals surface area contributed by atoms with Gasteiger partial charge in [0.15, 0.2) is 0 Å². The molecule has 0 bridgehead atoms. The van der Waals surface area contributed by atoms with Crippen molar-refractivity contribution in [3.05, 3.63) is 17.5 Å². The molecule has 0 amide bonds. The Bertz CT molecular complexity index is 394. The fourth-order valence-electron chi connectivity index (χ4n) is 3.24. The summed E-state index contributed by atoms with van der Waals surface area (Å²) >= 11 is 0. The van der Waals surface area contributed by atoms with Crippen LogP contribution in [0.2, 0.25) is 0 Å². The van der Waals surface area contributed by atoms with Crippen molar-refractivity contribution >= 4 is 0 Å². The second-order valence-corrected chi connectivity index (χ2v) is 6.33. The van der Waals surface area contributed by atoms with Gasteiger partial charge in [-0.2, -0.15) is 5.10 Å². The van der Waals surface area contributed by atoms with Gasteiger partial charge in [-0.1, -0.05) is 13.3 Å². The number of nitrogens with one attached hydrogen (secondary N) is 1. The fourth-order valence-corrected chi connectivity index (χ4v) is 3.24. The lowest BCUT2D eigenvalue weighted by Crippen LogP contribution is -2.29. The fraction of sp³-hybridized carbons (Fsp3) is 0.812. The summed E-state index contributed by atoms with van der Waals surface area (Å²) in [4.78, 5) is 2.39. The molecule has 4 heteroatoms. The van der Waals surface area contributed by atoms with E-state index < -0.39 is 0 Å². The summed E-state index contributed by atoms with van der Waals surface area (Å²) < 4.78 is 5.84. The van der Waals surface area contributed by atoms with E-state index in [1.165, 1.54) is 24.1 Å². The smallest absolute Gasteiger partial charge is 0.0557 e. The van der Waals surface area contributed by atoms with E-state index in [-0.39, 0.29) is 0 Å². The van der Waals surface area contributed by atoms with E-state index in [0.717, 1.165) is 25.9 Å². The highest BCUT2D eigenvalue weighted by Gasteiger charge is 2.28. The summed E-state index contributed by atoms with van der Waals surface area (Å²) in [6, 6.07) is 0.